The topological polar surface area (TPSA) is 9.23 Å². The van der Waals surface area contributed by atoms with Gasteiger partial charge in [-0.2, -0.15) is 0 Å². The molecule has 0 saturated heterocycles. The van der Waals surface area contributed by atoms with Gasteiger partial charge in [0, 0.05) is 0 Å². The summed E-state index contributed by atoms with van der Waals surface area (Å²) < 4.78 is 5.09. The highest BCUT2D eigenvalue weighted by molar-refractivity contribution is 5.32. The van der Waals surface area contributed by atoms with Crippen molar-refractivity contribution in [1.29, 1.82) is 0 Å². The number of ether oxygens (including phenoxy) is 1. The Bertz CT molecular complexity index is 253. The molecule has 0 fully saturated rings. The molecule has 0 spiro atoms. The van der Waals surface area contributed by atoms with Gasteiger partial charge in [-0.25, -0.2) is 0 Å². The first kappa shape index (κ1) is 10.1. The highest BCUT2D eigenvalue weighted by Crippen LogP contribution is 2.24. The number of hydrogen-bond acceptors (Lipinski definition) is 1. The Balaban J connectivity index is 2.70. The van der Waals surface area contributed by atoms with Crippen molar-refractivity contribution in [3.8, 4) is 5.75 Å². The lowest BCUT2D eigenvalue weighted by Crippen LogP contribution is -2.06. The molecule has 0 bridgehead atoms. The summed E-state index contributed by atoms with van der Waals surface area (Å²) in [5, 5.41) is 0. The van der Waals surface area contributed by atoms with Gasteiger partial charge in [-0.15, -0.1) is 0 Å². The van der Waals surface area contributed by atoms with Gasteiger partial charge in [-0.1, -0.05) is 32.9 Å². The molecule has 0 heterocycles. The van der Waals surface area contributed by atoms with E-state index in [4.69, 9.17) is 4.74 Å². The van der Waals surface area contributed by atoms with Crippen molar-refractivity contribution in [2.45, 2.75) is 20.8 Å². The van der Waals surface area contributed by atoms with E-state index in [1.165, 1.54) is 5.56 Å². The van der Waals surface area contributed by atoms with E-state index in [0.717, 1.165) is 5.75 Å². The second-order valence-electron chi connectivity index (χ2n) is 4.28. The maximum absolute atomic E-state index is 5.09. The van der Waals surface area contributed by atoms with Crippen molar-refractivity contribution >= 4 is 0 Å². The number of benzene rings is 1. The summed E-state index contributed by atoms with van der Waals surface area (Å²) in [7, 11) is 1.68. The highest BCUT2D eigenvalue weighted by Gasteiger charge is 2.11. The van der Waals surface area contributed by atoms with Crippen molar-refractivity contribution in [1.82, 2.24) is 0 Å². The van der Waals surface area contributed by atoms with Crippen LogP contribution < -0.4 is 4.74 Å². The first-order valence-electron chi connectivity index (χ1n) is 4.51. The molecule has 0 aliphatic rings. The van der Waals surface area contributed by atoms with Crippen LogP contribution in [0.4, 0.5) is 0 Å². The maximum atomic E-state index is 5.09. The summed E-state index contributed by atoms with van der Waals surface area (Å²) in [6.07, 6.45) is 2.24. The minimum Gasteiger partial charge on any atom is -0.497 e. The summed E-state index contributed by atoms with van der Waals surface area (Å²) in [5.74, 6) is 0.908. The Morgan fingerprint density at radius 2 is 1.62 bits per heavy atom. The predicted molar refractivity (Wildman–Crippen MR) is 55.9 cm³/mol. The molecule has 13 heavy (non-hydrogen) atoms. The van der Waals surface area contributed by atoms with Crippen molar-refractivity contribution < 1.29 is 4.74 Å². The first-order chi connectivity index (χ1) is 6.01. The molecule has 0 atom stereocenters. The van der Waals surface area contributed by atoms with E-state index < -0.39 is 0 Å². The van der Waals surface area contributed by atoms with Gasteiger partial charge >= 0.3 is 0 Å². The molecule has 0 aromatic heterocycles. The second-order valence-corrected chi connectivity index (χ2v) is 4.28. The minimum absolute atomic E-state index is 0.231. The Morgan fingerprint density at radius 1 is 1.08 bits per heavy atom. The normalized spacial score (nSPS) is 11.4. The summed E-state index contributed by atoms with van der Waals surface area (Å²) >= 11 is 0. The van der Waals surface area contributed by atoms with E-state index in [1.54, 1.807) is 7.11 Å². The van der Waals surface area contributed by atoms with Crippen molar-refractivity contribution in [2.24, 2.45) is 5.41 Å². The Hall–Kier alpha value is -0.980. The molecule has 0 aliphatic heterocycles. The fraction of sp³-hybridized carbons (Fsp3) is 0.417. The van der Waals surface area contributed by atoms with Crippen LogP contribution in [-0.2, 0) is 0 Å². The lowest BCUT2D eigenvalue weighted by atomic mass is 9.88. The van der Waals surface area contributed by atoms with E-state index in [9.17, 15) is 0 Å². The highest BCUT2D eigenvalue weighted by atomic mass is 16.5. The average molecular weight is 177 g/mol. The van der Waals surface area contributed by atoms with E-state index in [-0.39, 0.29) is 5.41 Å². The first-order valence-corrected chi connectivity index (χ1v) is 4.51. The van der Waals surface area contributed by atoms with Crippen LogP contribution >= 0.6 is 0 Å². The molecule has 1 nitrogen and oxygen atoms in total. The van der Waals surface area contributed by atoms with E-state index >= 15 is 0 Å². The zero-order valence-corrected chi connectivity index (χ0v) is 8.79. The molecule has 0 saturated carbocycles. The summed E-state index contributed by atoms with van der Waals surface area (Å²) in [4.78, 5) is 0. The van der Waals surface area contributed by atoms with Crippen molar-refractivity contribution in [2.75, 3.05) is 7.11 Å². The smallest absolute Gasteiger partial charge is 0.118 e. The number of hydrogen-bond donors (Lipinski definition) is 0. The Labute approximate surface area is 80.7 Å². The monoisotopic (exact) mass is 177 g/mol. The molecule has 1 radical (unpaired) electrons. The fourth-order valence-corrected chi connectivity index (χ4v) is 1.20. The van der Waals surface area contributed by atoms with Crippen LogP contribution in [0.25, 0.3) is 0 Å². The maximum Gasteiger partial charge on any atom is 0.118 e. The molecular formula is C12H17O. The lowest BCUT2D eigenvalue weighted by Gasteiger charge is -2.17. The van der Waals surface area contributed by atoms with E-state index in [0.29, 0.717) is 0 Å². The van der Waals surface area contributed by atoms with Gasteiger partial charge in [-0.05, 0) is 29.5 Å². The van der Waals surface area contributed by atoms with Crippen molar-refractivity contribution in [3.63, 3.8) is 0 Å². The second kappa shape index (κ2) is 3.82. The largest absolute Gasteiger partial charge is 0.497 e. The van der Waals surface area contributed by atoms with Crippen molar-refractivity contribution in [3.05, 3.63) is 36.2 Å². The van der Waals surface area contributed by atoms with E-state index in [2.05, 4.69) is 39.3 Å². The van der Waals surface area contributed by atoms with Gasteiger partial charge < -0.3 is 4.74 Å². The van der Waals surface area contributed by atoms with Crippen LogP contribution in [0.1, 0.15) is 26.3 Å². The molecular weight excluding hydrogens is 160 g/mol. The SMILES string of the molecule is COc1ccc([CH]C(C)(C)C)cc1. The minimum atomic E-state index is 0.231. The van der Waals surface area contributed by atoms with Crippen LogP contribution in [0.5, 0.6) is 5.75 Å². The molecule has 1 aromatic rings. The van der Waals surface area contributed by atoms with Crippen LogP contribution in [0, 0.1) is 11.8 Å². The van der Waals surface area contributed by atoms with Crippen LogP contribution in [0.2, 0.25) is 0 Å². The summed E-state index contributed by atoms with van der Waals surface area (Å²) in [6, 6.07) is 8.11. The molecule has 0 N–H and O–H groups in total. The van der Waals surface area contributed by atoms with Gasteiger partial charge in [0.15, 0.2) is 0 Å². The van der Waals surface area contributed by atoms with Gasteiger partial charge in [0.2, 0.25) is 0 Å². The molecule has 0 aliphatic carbocycles. The molecule has 1 aromatic carbocycles. The third kappa shape index (κ3) is 3.49. The fourth-order valence-electron chi connectivity index (χ4n) is 1.20. The van der Waals surface area contributed by atoms with Crippen LogP contribution in [0.3, 0.4) is 0 Å². The number of rotatable bonds is 2. The van der Waals surface area contributed by atoms with Gasteiger partial charge in [0.05, 0.1) is 7.11 Å². The molecule has 1 rings (SSSR count). The average Bonchev–Trinajstić information content (AvgIpc) is 2.03. The zero-order chi connectivity index (χ0) is 9.90. The summed E-state index contributed by atoms with van der Waals surface area (Å²) in [6.45, 7) is 6.58. The number of methoxy groups -OCH3 is 1. The van der Waals surface area contributed by atoms with Gasteiger partial charge in [-0.3, -0.25) is 0 Å². The zero-order valence-electron chi connectivity index (χ0n) is 8.79. The van der Waals surface area contributed by atoms with Crippen LogP contribution in [0.15, 0.2) is 24.3 Å². The van der Waals surface area contributed by atoms with Crippen LogP contribution in [-0.4, -0.2) is 7.11 Å². The quantitative estimate of drug-likeness (QED) is 0.673. The molecule has 71 valence electrons. The predicted octanol–water partition coefficient (Wildman–Crippen LogP) is 3.29. The lowest BCUT2D eigenvalue weighted by molar-refractivity contribution is 0.414. The molecule has 0 amide bonds. The Kier molecular flexibility index (Phi) is 2.97. The molecule has 0 unspecified atom stereocenters. The third-order valence-electron chi connectivity index (χ3n) is 1.72. The Morgan fingerprint density at radius 3 is 2.00 bits per heavy atom. The van der Waals surface area contributed by atoms with Gasteiger partial charge in [0.25, 0.3) is 0 Å². The standard InChI is InChI=1S/C12H17O/c1-12(2,3)9-10-5-7-11(13-4)8-6-10/h5-9H,1-4H3. The molecule has 1 heteroatoms. The van der Waals surface area contributed by atoms with E-state index in [1.807, 2.05) is 12.1 Å². The summed E-state index contributed by atoms with van der Waals surface area (Å²) in [5.41, 5.74) is 1.47. The third-order valence-corrected chi connectivity index (χ3v) is 1.72. The van der Waals surface area contributed by atoms with Gasteiger partial charge in [0.1, 0.15) is 5.75 Å².